The van der Waals surface area contributed by atoms with Crippen LogP contribution < -0.4 is 5.32 Å². The molecule has 1 N–H and O–H groups in total. The SMILES string of the molecule is COCC(NC(C)(C)CC(C)(C)C)c1ccccc1. The van der Waals surface area contributed by atoms with Crippen LogP contribution in [0.2, 0.25) is 0 Å². The summed E-state index contributed by atoms with van der Waals surface area (Å²) in [6, 6.07) is 10.8. The smallest absolute Gasteiger partial charge is 0.0657 e. The zero-order valence-corrected chi connectivity index (χ0v) is 13.3. The van der Waals surface area contributed by atoms with Crippen molar-refractivity contribution in [3.8, 4) is 0 Å². The third kappa shape index (κ3) is 6.22. The minimum Gasteiger partial charge on any atom is -0.383 e. The summed E-state index contributed by atoms with van der Waals surface area (Å²) in [6.07, 6.45) is 1.12. The fourth-order valence-corrected chi connectivity index (χ4v) is 2.92. The van der Waals surface area contributed by atoms with Gasteiger partial charge in [-0.3, -0.25) is 0 Å². The third-order valence-corrected chi connectivity index (χ3v) is 3.07. The average molecular weight is 263 g/mol. The summed E-state index contributed by atoms with van der Waals surface area (Å²) in [5.74, 6) is 0. The predicted octanol–water partition coefficient (Wildman–Crippen LogP) is 4.18. The highest BCUT2D eigenvalue weighted by atomic mass is 16.5. The van der Waals surface area contributed by atoms with Crippen molar-refractivity contribution in [1.82, 2.24) is 5.32 Å². The van der Waals surface area contributed by atoms with Gasteiger partial charge in [-0.15, -0.1) is 0 Å². The average Bonchev–Trinajstić information content (AvgIpc) is 2.26. The van der Waals surface area contributed by atoms with Gasteiger partial charge in [0.2, 0.25) is 0 Å². The predicted molar refractivity (Wildman–Crippen MR) is 82.3 cm³/mol. The first-order valence-corrected chi connectivity index (χ1v) is 7.05. The number of ether oxygens (including phenoxy) is 1. The standard InChI is InChI=1S/C17H29NO/c1-16(2,3)13-17(4,5)18-15(12-19-6)14-10-8-7-9-11-14/h7-11,15,18H,12-13H2,1-6H3. The number of rotatable bonds is 6. The summed E-state index contributed by atoms with van der Waals surface area (Å²) in [4.78, 5) is 0. The van der Waals surface area contributed by atoms with Crippen LogP contribution in [0.4, 0.5) is 0 Å². The van der Waals surface area contributed by atoms with Crippen LogP contribution in [0.3, 0.4) is 0 Å². The van der Waals surface area contributed by atoms with Crippen LogP contribution >= 0.6 is 0 Å². The van der Waals surface area contributed by atoms with Crippen molar-refractivity contribution in [3.05, 3.63) is 35.9 Å². The highest BCUT2D eigenvalue weighted by Crippen LogP contribution is 2.29. The first-order chi connectivity index (χ1) is 8.73. The molecule has 1 atom stereocenters. The molecule has 0 fully saturated rings. The van der Waals surface area contributed by atoms with Gasteiger partial charge in [-0.05, 0) is 31.2 Å². The van der Waals surface area contributed by atoms with Gasteiger partial charge < -0.3 is 10.1 Å². The largest absolute Gasteiger partial charge is 0.383 e. The Kier molecular flexibility index (Phi) is 5.57. The lowest BCUT2D eigenvalue weighted by molar-refractivity contribution is 0.137. The molecule has 1 rings (SSSR count). The maximum atomic E-state index is 5.37. The maximum Gasteiger partial charge on any atom is 0.0657 e. The Labute approximate surface area is 118 Å². The van der Waals surface area contributed by atoms with E-state index >= 15 is 0 Å². The zero-order chi connectivity index (χ0) is 14.5. The number of hydrogen-bond acceptors (Lipinski definition) is 2. The molecule has 1 unspecified atom stereocenters. The Balaban J connectivity index is 2.79. The molecule has 2 heteroatoms. The molecule has 0 aliphatic heterocycles. The van der Waals surface area contributed by atoms with Crippen molar-refractivity contribution >= 4 is 0 Å². The van der Waals surface area contributed by atoms with E-state index in [1.165, 1.54) is 5.56 Å². The van der Waals surface area contributed by atoms with Gasteiger partial charge in [0, 0.05) is 12.6 Å². The Morgan fingerprint density at radius 2 is 1.63 bits per heavy atom. The van der Waals surface area contributed by atoms with Crippen LogP contribution in [-0.2, 0) is 4.74 Å². The molecule has 1 aromatic carbocycles. The molecule has 0 spiro atoms. The van der Waals surface area contributed by atoms with E-state index in [0.29, 0.717) is 12.0 Å². The molecule has 0 amide bonds. The first kappa shape index (κ1) is 16.2. The molecule has 0 aromatic heterocycles. The third-order valence-electron chi connectivity index (χ3n) is 3.07. The van der Waals surface area contributed by atoms with E-state index in [4.69, 9.17) is 4.74 Å². The van der Waals surface area contributed by atoms with Gasteiger partial charge in [-0.2, -0.15) is 0 Å². The molecule has 0 heterocycles. The second-order valence-corrected chi connectivity index (χ2v) is 7.18. The topological polar surface area (TPSA) is 21.3 Å². The van der Waals surface area contributed by atoms with E-state index in [-0.39, 0.29) is 11.6 Å². The zero-order valence-electron chi connectivity index (χ0n) is 13.3. The van der Waals surface area contributed by atoms with Gasteiger partial charge in [0.05, 0.1) is 12.6 Å². The summed E-state index contributed by atoms with van der Waals surface area (Å²) in [7, 11) is 1.76. The number of nitrogens with one attached hydrogen (secondary N) is 1. The molecule has 0 radical (unpaired) electrons. The van der Waals surface area contributed by atoms with Crippen LogP contribution in [0.5, 0.6) is 0 Å². The summed E-state index contributed by atoms with van der Waals surface area (Å²) in [5, 5.41) is 3.74. The molecular formula is C17H29NO. The molecule has 0 aliphatic rings. The van der Waals surface area contributed by atoms with Gasteiger partial charge in [0.25, 0.3) is 0 Å². The van der Waals surface area contributed by atoms with Crippen molar-refractivity contribution in [2.45, 2.75) is 52.6 Å². The maximum absolute atomic E-state index is 5.37. The molecular weight excluding hydrogens is 234 g/mol. The Bertz CT molecular complexity index is 365. The van der Waals surface area contributed by atoms with Crippen molar-refractivity contribution in [2.24, 2.45) is 5.41 Å². The number of benzene rings is 1. The summed E-state index contributed by atoms with van der Waals surface area (Å²) < 4.78 is 5.37. The second-order valence-electron chi connectivity index (χ2n) is 7.18. The second kappa shape index (κ2) is 6.53. The van der Waals surface area contributed by atoms with Gasteiger partial charge in [-0.1, -0.05) is 51.1 Å². The fraction of sp³-hybridized carbons (Fsp3) is 0.647. The Hall–Kier alpha value is -0.860. The lowest BCUT2D eigenvalue weighted by Crippen LogP contribution is -2.45. The van der Waals surface area contributed by atoms with Crippen LogP contribution in [0.1, 0.15) is 52.6 Å². The van der Waals surface area contributed by atoms with Crippen LogP contribution in [0.25, 0.3) is 0 Å². The van der Waals surface area contributed by atoms with E-state index in [9.17, 15) is 0 Å². The summed E-state index contributed by atoms with van der Waals surface area (Å²) >= 11 is 0. The lowest BCUT2D eigenvalue weighted by atomic mass is 9.81. The molecule has 2 nitrogen and oxygen atoms in total. The molecule has 0 saturated carbocycles. The molecule has 0 bridgehead atoms. The monoisotopic (exact) mass is 263 g/mol. The summed E-state index contributed by atoms with van der Waals surface area (Å²) in [6.45, 7) is 12.1. The Morgan fingerprint density at radius 1 is 1.05 bits per heavy atom. The first-order valence-electron chi connectivity index (χ1n) is 7.05. The van der Waals surface area contributed by atoms with Gasteiger partial charge in [0.1, 0.15) is 0 Å². The Morgan fingerprint density at radius 3 is 2.11 bits per heavy atom. The van der Waals surface area contributed by atoms with Crippen LogP contribution in [-0.4, -0.2) is 19.3 Å². The van der Waals surface area contributed by atoms with Crippen molar-refractivity contribution in [3.63, 3.8) is 0 Å². The van der Waals surface area contributed by atoms with Gasteiger partial charge >= 0.3 is 0 Å². The van der Waals surface area contributed by atoms with Crippen molar-refractivity contribution in [2.75, 3.05) is 13.7 Å². The van der Waals surface area contributed by atoms with E-state index in [1.807, 2.05) is 6.07 Å². The van der Waals surface area contributed by atoms with E-state index < -0.39 is 0 Å². The van der Waals surface area contributed by atoms with Crippen molar-refractivity contribution < 1.29 is 4.74 Å². The molecule has 0 aliphatic carbocycles. The van der Waals surface area contributed by atoms with Crippen LogP contribution in [0.15, 0.2) is 30.3 Å². The van der Waals surface area contributed by atoms with E-state index in [0.717, 1.165) is 6.42 Å². The highest BCUT2D eigenvalue weighted by Gasteiger charge is 2.28. The number of hydrogen-bond donors (Lipinski definition) is 1. The van der Waals surface area contributed by atoms with E-state index in [2.05, 4.69) is 64.2 Å². The minimum absolute atomic E-state index is 0.0806. The van der Waals surface area contributed by atoms with Crippen molar-refractivity contribution in [1.29, 1.82) is 0 Å². The molecule has 19 heavy (non-hydrogen) atoms. The van der Waals surface area contributed by atoms with Gasteiger partial charge in [-0.25, -0.2) is 0 Å². The van der Waals surface area contributed by atoms with Gasteiger partial charge in [0.15, 0.2) is 0 Å². The highest BCUT2D eigenvalue weighted by molar-refractivity contribution is 5.19. The molecule has 0 saturated heterocycles. The normalized spacial score (nSPS) is 14.4. The quantitative estimate of drug-likeness (QED) is 0.831. The molecule has 1 aromatic rings. The van der Waals surface area contributed by atoms with Crippen LogP contribution in [0, 0.1) is 5.41 Å². The fourth-order valence-electron chi connectivity index (χ4n) is 2.92. The lowest BCUT2D eigenvalue weighted by Gasteiger charge is -2.37. The minimum atomic E-state index is 0.0806. The molecule has 108 valence electrons. The number of methoxy groups -OCH3 is 1. The van der Waals surface area contributed by atoms with E-state index in [1.54, 1.807) is 7.11 Å². The summed E-state index contributed by atoms with van der Waals surface area (Å²) in [5.41, 5.74) is 1.67.